The summed E-state index contributed by atoms with van der Waals surface area (Å²) in [5.41, 5.74) is 3.87. The first-order valence-corrected chi connectivity index (χ1v) is 8.97. The molecule has 0 saturated heterocycles. The number of anilines is 2. The summed E-state index contributed by atoms with van der Waals surface area (Å²) in [6.45, 7) is 3.71. The van der Waals surface area contributed by atoms with Gasteiger partial charge in [-0.25, -0.2) is 4.68 Å². The van der Waals surface area contributed by atoms with Gasteiger partial charge in [-0.05, 0) is 44.2 Å². The smallest absolute Gasteiger partial charge is 0.265 e. The third kappa shape index (κ3) is 3.34. The summed E-state index contributed by atoms with van der Waals surface area (Å²) in [6.07, 6.45) is 0. The largest absolute Gasteiger partial charge is 0.482 e. The minimum Gasteiger partial charge on any atom is -0.482 e. The van der Waals surface area contributed by atoms with E-state index in [1.165, 1.54) is 4.90 Å². The molecule has 1 aliphatic heterocycles. The van der Waals surface area contributed by atoms with Gasteiger partial charge in [0.25, 0.3) is 5.91 Å². The molecule has 7 nitrogen and oxygen atoms in total. The molecule has 1 N–H and O–H groups in total. The Balaban J connectivity index is 1.57. The van der Waals surface area contributed by atoms with Crippen LogP contribution in [0.2, 0.25) is 0 Å². The van der Waals surface area contributed by atoms with Crippen LogP contribution in [0.25, 0.3) is 5.69 Å². The van der Waals surface area contributed by atoms with Crippen molar-refractivity contribution in [1.29, 1.82) is 0 Å². The first kappa shape index (κ1) is 17.8. The predicted molar refractivity (Wildman–Crippen MR) is 106 cm³/mol. The maximum absolute atomic E-state index is 12.7. The molecular formula is C21H20N4O3. The van der Waals surface area contributed by atoms with Gasteiger partial charge >= 0.3 is 0 Å². The van der Waals surface area contributed by atoms with Crippen molar-refractivity contribution < 1.29 is 14.3 Å². The Morgan fingerprint density at radius 2 is 1.82 bits per heavy atom. The Morgan fingerprint density at radius 3 is 2.57 bits per heavy atom. The predicted octanol–water partition coefficient (Wildman–Crippen LogP) is 2.85. The van der Waals surface area contributed by atoms with Gasteiger partial charge in [-0.1, -0.05) is 24.3 Å². The number of rotatable bonds is 4. The van der Waals surface area contributed by atoms with E-state index in [9.17, 15) is 9.59 Å². The van der Waals surface area contributed by atoms with Crippen LogP contribution in [0, 0.1) is 13.8 Å². The fourth-order valence-corrected chi connectivity index (χ4v) is 3.30. The van der Waals surface area contributed by atoms with E-state index in [1.54, 1.807) is 16.8 Å². The van der Waals surface area contributed by atoms with Crippen molar-refractivity contribution in [3.63, 3.8) is 0 Å². The molecule has 1 aliphatic rings. The quantitative estimate of drug-likeness (QED) is 0.760. The number of aryl methyl sites for hydroxylation is 2. The van der Waals surface area contributed by atoms with E-state index in [0.29, 0.717) is 17.1 Å². The highest BCUT2D eigenvalue weighted by Gasteiger charge is 2.27. The van der Waals surface area contributed by atoms with Gasteiger partial charge in [0.05, 0.1) is 22.8 Å². The Labute approximate surface area is 162 Å². The highest BCUT2D eigenvalue weighted by molar-refractivity contribution is 6.05. The average molecular weight is 376 g/mol. The van der Waals surface area contributed by atoms with Gasteiger partial charge in [0.15, 0.2) is 6.61 Å². The number of ether oxygens (including phenoxy) is 1. The van der Waals surface area contributed by atoms with E-state index in [0.717, 1.165) is 17.1 Å². The van der Waals surface area contributed by atoms with E-state index in [1.807, 2.05) is 56.3 Å². The zero-order valence-electron chi connectivity index (χ0n) is 15.7. The molecule has 0 aliphatic carbocycles. The molecule has 0 radical (unpaired) electrons. The second kappa shape index (κ2) is 7.19. The topological polar surface area (TPSA) is 76.5 Å². The van der Waals surface area contributed by atoms with Crippen LogP contribution in [0.15, 0.2) is 54.6 Å². The lowest BCUT2D eigenvalue weighted by Crippen LogP contribution is -2.43. The van der Waals surface area contributed by atoms with Gasteiger partial charge in [0, 0.05) is 5.69 Å². The molecule has 0 unspecified atom stereocenters. The summed E-state index contributed by atoms with van der Waals surface area (Å²) >= 11 is 0. The first-order valence-electron chi connectivity index (χ1n) is 8.97. The van der Waals surface area contributed by atoms with E-state index >= 15 is 0 Å². The molecule has 0 spiro atoms. The number of amides is 2. The van der Waals surface area contributed by atoms with Gasteiger partial charge < -0.3 is 10.1 Å². The maximum Gasteiger partial charge on any atom is 0.265 e. The first-order chi connectivity index (χ1) is 13.5. The molecule has 1 aromatic heterocycles. The molecule has 0 bridgehead atoms. The lowest BCUT2D eigenvalue weighted by molar-refractivity contribution is -0.123. The lowest BCUT2D eigenvalue weighted by atomic mass is 10.2. The Kier molecular flexibility index (Phi) is 4.57. The number of hydrogen-bond donors (Lipinski definition) is 1. The number of aromatic nitrogens is 2. The van der Waals surface area contributed by atoms with Gasteiger partial charge in [0.2, 0.25) is 5.91 Å². The molecule has 4 rings (SSSR count). The van der Waals surface area contributed by atoms with E-state index in [4.69, 9.17) is 4.74 Å². The number of nitrogens with one attached hydrogen (secondary N) is 1. The highest BCUT2D eigenvalue weighted by atomic mass is 16.5. The summed E-state index contributed by atoms with van der Waals surface area (Å²) in [5.74, 6) is 0.0534. The second-order valence-corrected chi connectivity index (χ2v) is 6.64. The summed E-state index contributed by atoms with van der Waals surface area (Å²) in [5, 5.41) is 7.40. The summed E-state index contributed by atoms with van der Waals surface area (Å²) < 4.78 is 7.22. The molecule has 0 saturated carbocycles. The van der Waals surface area contributed by atoms with Crippen LogP contribution in [0.1, 0.15) is 11.4 Å². The zero-order valence-corrected chi connectivity index (χ0v) is 15.7. The number of para-hydroxylation sites is 4. The molecule has 142 valence electrons. The summed E-state index contributed by atoms with van der Waals surface area (Å²) in [6, 6.07) is 16.6. The molecule has 2 aromatic carbocycles. The standard InChI is InChI=1S/C21H20N4O3/c1-14-11-15(2)25(23-14)17-8-4-3-7-16(17)22-20(26)12-24-18-9-5-6-10-19(18)28-13-21(24)27/h3-11H,12-13H2,1-2H3,(H,22,26). The van der Waals surface area contributed by atoms with Crippen LogP contribution in [0.3, 0.4) is 0 Å². The molecular weight excluding hydrogens is 356 g/mol. The van der Waals surface area contributed by atoms with Gasteiger partial charge in [-0.15, -0.1) is 0 Å². The molecule has 2 amide bonds. The van der Waals surface area contributed by atoms with Crippen molar-refractivity contribution >= 4 is 23.2 Å². The van der Waals surface area contributed by atoms with Crippen molar-refractivity contribution in [3.8, 4) is 11.4 Å². The van der Waals surface area contributed by atoms with Crippen LogP contribution in [-0.2, 0) is 9.59 Å². The van der Waals surface area contributed by atoms with Crippen LogP contribution in [-0.4, -0.2) is 34.7 Å². The van der Waals surface area contributed by atoms with Crippen LogP contribution in [0.4, 0.5) is 11.4 Å². The minimum absolute atomic E-state index is 0.0767. The molecule has 0 fully saturated rings. The maximum atomic E-state index is 12.7. The van der Waals surface area contributed by atoms with Crippen molar-refractivity contribution in [1.82, 2.24) is 9.78 Å². The minimum atomic E-state index is -0.293. The number of benzene rings is 2. The number of hydrogen-bond acceptors (Lipinski definition) is 4. The monoisotopic (exact) mass is 376 g/mol. The van der Waals surface area contributed by atoms with E-state index < -0.39 is 0 Å². The van der Waals surface area contributed by atoms with Crippen molar-refractivity contribution in [3.05, 3.63) is 66.0 Å². The Hall–Kier alpha value is -3.61. The van der Waals surface area contributed by atoms with Gasteiger partial charge in [0.1, 0.15) is 12.3 Å². The third-order valence-corrected chi connectivity index (χ3v) is 4.53. The fraction of sp³-hybridized carbons (Fsp3) is 0.190. The van der Waals surface area contributed by atoms with E-state index in [-0.39, 0.29) is 25.0 Å². The van der Waals surface area contributed by atoms with Crippen LogP contribution in [0.5, 0.6) is 5.75 Å². The highest BCUT2D eigenvalue weighted by Crippen LogP contribution is 2.31. The zero-order chi connectivity index (χ0) is 19.7. The van der Waals surface area contributed by atoms with Crippen molar-refractivity contribution in [2.45, 2.75) is 13.8 Å². The van der Waals surface area contributed by atoms with Crippen LogP contribution >= 0.6 is 0 Å². The SMILES string of the molecule is Cc1cc(C)n(-c2ccccc2NC(=O)CN2C(=O)COc3ccccc32)n1. The number of carbonyl (C=O) groups is 2. The lowest BCUT2D eigenvalue weighted by Gasteiger charge is -2.28. The number of nitrogens with zero attached hydrogens (tertiary/aromatic N) is 3. The number of carbonyl (C=O) groups excluding carboxylic acids is 2. The summed E-state index contributed by atoms with van der Waals surface area (Å²) in [4.78, 5) is 26.5. The van der Waals surface area contributed by atoms with E-state index in [2.05, 4.69) is 10.4 Å². The Bertz CT molecular complexity index is 1060. The van der Waals surface area contributed by atoms with Gasteiger partial charge in [-0.3, -0.25) is 14.5 Å². The molecule has 2 heterocycles. The summed E-state index contributed by atoms with van der Waals surface area (Å²) in [7, 11) is 0. The molecule has 3 aromatic rings. The van der Waals surface area contributed by atoms with Crippen LogP contribution < -0.4 is 15.0 Å². The average Bonchev–Trinajstić information content (AvgIpc) is 3.02. The Morgan fingerprint density at radius 1 is 1.11 bits per heavy atom. The van der Waals surface area contributed by atoms with Gasteiger partial charge in [-0.2, -0.15) is 5.10 Å². The molecule has 7 heteroatoms. The second-order valence-electron chi connectivity index (χ2n) is 6.64. The van der Waals surface area contributed by atoms with Crippen molar-refractivity contribution in [2.75, 3.05) is 23.4 Å². The van der Waals surface area contributed by atoms with Crippen molar-refractivity contribution in [2.24, 2.45) is 0 Å². The fourth-order valence-electron chi connectivity index (χ4n) is 3.30. The third-order valence-electron chi connectivity index (χ3n) is 4.53. The normalized spacial score (nSPS) is 13.1. The number of fused-ring (bicyclic) bond motifs is 1. The molecule has 28 heavy (non-hydrogen) atoms. The molecule has 0 atom stereocenters.